The molecule has 7 heteroatoms. The second kappa shape index (κ2) is 7.78. The molecule has 26 heavy (non-hydrogen) atoms. The van der Waals surface area contributed by atoms with E-state index in [0.717, 1.165) is 19.4 Å². The van der Waals surface area contributed by atoms with E-state index in [2.05, 4.69) is 17.2 Å². The van der Waals surface area contributed by atoms with E-state index in [-0.39, 0.29) is 11.6 Å². The first kappa shape index (κ1) is 18.3. The van der Waals surface area contributed by atoms with Crippen LogP contribution in [0.25, 0.3) is 10.9 Å². The zero-order chi connectivity index (χ0) is 18.7. The molecule has 2 aromatic rings. The number of ether oxygens (including phenoxy) is 2. The number of piperidine rings is 1. The van der Waals surface area contributed by atoms with Crippen molar-refractivity contribution in [1.29, 1.82) is 0 Å². The molecular weight excluding hydrogens is 334 g/mol. The van der Waals surface area contributed by atoms with Crippen LogP contribution in [0, 0.1) is 0 Å². The predicted molar refractivity (Wildman–Crippen MR) is 98.8 cm³/mol. The number of hydrogen-bond donors (Lipinski definition) is 3. The van der Waals surface area contributed by atoms with E-state index in [4.69, 9.17) is 9.47 Å². The number of methoxy groups -OCH3 is 2. The van der Waals surface area contributed by atoms with Gasteiger partial charge in [-0.25, -0.2) is 4.79 Å². The summed E-state index contributed by atoms with van der Waals surface area (Å²) in [6.45, 7) is 3.55. The molecule has 2 atom stereocenters. The highest BCUT2D eigenvalue weighted by molar-refractivity contribution is 6.13. The van der Waals surface area contributed by atoms with Crippen LogP contribution < -0.4 is 15.0 Å². The second-order valence-electron chi connectivity index (χ2n) is 6.78. The maximum atomic E-state index is 12.7. The maximum absolute atomic E-state index is 12.7. The Labute approximate surface area is 152 Å². The third-order valence-corrected chi connectivity index (χ3v) is 5.13. The quantitative estimate of drug-likeness (QED) is 0.703. The van der Waals surface area contributed by atoms with Gasteiger partial charge in [-0.2, -0.15) is 0 Å². The Hall–Kier alpha value is -2.54. The summed E-state index contributed by atoms with van der Waals surface area (Å²) in [5, 5.41) is 3.59. The number of nitrogens with one attached hydrogen (secondary N) is 3. The number of esters is 1. The number of H-pyrrole nitrogens is 1. The van der Waals surface area contributed by atoms with Gasteiger partial charge >= 0.3 is 5.97 Å². The molecule has 1 saturated heterocycles. The Morgan fingerprint density at radius 1 is 1.31 bits per heavy atom. The SMILES string of the molecule is COC(=O)c1[nH]c2cccc(OC)c2c1NC(=O)C[NH+]1CCCC[C@@H]1C. The van der Waals surface area contributed by atoms with Gasteiger partial charge < -0.3 is 24.7 Å². The molecule has 3 rings (SSSR count). The van der Waals surface area contributed by atoms with Gasteiger partial charge in [-0.3, -0.25) is 4.79 Å². The van der Waals surface area contributed by atoms with E-state index < -0.39 is 5.97 Å². The van der Waals surface area contributed by atoms with Gasteiger partial charge in [0.2, 0.25) is 0 Å². The number of carbonyl (C=O) groups excluding carboxylic acids is 2. The molecule has 2 heterocycles. The molecular formula is C19H26N3O4+. The number of amides is 1. The van der Waals surface area contributed by atoms with Crippen LogP contribution in [0.15, 0.2) is 18.2 Å². The molecule has 1 aromatic carbocycles. The van der Waals surface area contributed by atoms with Crippen molar-refractivity contribution in [2.24, 2.45) is 0 Å². The molecule has 140 valence electrons. The summed E-state index contributed by atoms with van der Waals surface area (Å²) in [5.41, 5.74) is 1.35. The van der Waals surface area contributed by atoms with E-state index in [0.29, 0.717) is 34.9 Å². The number of likely N-dealkylation sites (tertiary alicyclic amines) is 1. The molecule has 1 fully saturated rings. The number of anilines is 1. The number of fused-ring (bicyclic) bond motifs is 1. The minimum absolute atomic E-state index is 0.120. The highest BCUT2D eigenvalue weighted by Gasteiger charge is 2.27. The Morgan fingerprint density at radius 3 is 2.81 bits per heavy atom. The number of hydrogen-bond acceptors (Lipinski definition) is 4. The van der Waals surface area contributed by atoms with Crippen LogP contribution in [-0.4, -0.2) is 50.2 Å². The Bertz CT molecular complexity index is 814. The summed E-state index contributed by atoms with van der Waals surface area (Å²) in [6, 6.07) is 5.92. The maximum Gasteiger partial charge on any atom is 0.356 e. The van der Waals surface area contributed by atoms with E-state index >= 15 is 0 Å². The van der Waals surface area contributed by atoms with E-state index in [1.54, 1.807) is 13.2 Å². The Morgan fingerprint density at radius 2 is 2.12 bits per heavy atom. The van der Waals surface area contributed by atoms with E-state index in [1.165, 1.54) is 18.4 Å². The fourth-order valence-corrected chi connectivity index (χ4v) is 3.67. The van der Waals surface area contributed by atoms with Crippen molar-refractivity contribution in [3.05, 3.63) is 23.9 Å². The van der Waals surface area contributed by atoms with Crippen LogP contribution in [0.1, 0.15) is 36.7 Å². The standard InChI is InChI=1S/C19H25N3O4/c1-12-7-4-5-10-22(12)11-15(23)21-17-16-13(8-6-9-14(16)25-2)20-18(17)19(24)26-3/h6,8-9,12,20H,4-5,7,10-11H2,1-3H3,(H,21,23)/p+1/t12-/m0/s1. The molecule has 0 spiro atoms. The fraction of sp³-hybridized carbons (Fsp3) is 0.474. The predicted octanol–water partition coefficient (Wildman–Crippen LogP) is 1.36. The lowest BCUT2D eigenvalue weighted by atomic mass is 10.0. The first-order chi connectivity index (χ1) is 12.5. The van der Waals surface area contributed by atoms with Crippen LogP contribution in [0.3, 0.4) is 0 Å². The largest absolute Gasteiger partial charge is 0.496 e. The molecule has 1 aliphatic rings. The molecule has 1 aromatic heterocycles. The first-order valence-electron chi connectivity index (χ1n) is 8.96. The van der Waals surface area contributed by atoms with Gasteiger partial charge in [0.25, 0.3) is 5.91 Å². The van der Waals surface area contributed by atoms with Crippen LogP contribution in [-0.2, 0) is 9.53 Å². The molecule has 0 saturated carbocycles. The monoisotopic (exact) mass is 360 g/mol. The van der Waals surface area contributed by atoms with Crippen molar-refractivity contribution >= 4 is 28.5 Å². The number of quaternary nitrogens is 1. The normalized spacial score (nSPS) is 20.0. The van der Waals surface area contributed by atoms with Crippen molar-refractivity contribution in [3.8, 4) is 5.75 Å². The van der Waals surface area contributed by atoms with Crippen molar-refractivity contribution in [2.75, 3.05) is 32.6 Å². The lowest BCUT2D eigenvalue weighted by molar-refractivity contribution is -0.920. The van der Waals surface area contributed by atoms with Crippen LogP contribution in [0.5, 0.6) is 5.75 Å². The van der Waals surface area contributed by atoms with Crippen LogP contribution >= 0.6 is 0 Å². The first-order valence-corrected chi connectivity index (χ1v) is 8.96. The summed E-state index contributed by atoms with van der Waals surface area (Å²) in [6.07, 6.45) is 3.50. The molecule has 0 radical (unpaired) electrons. The number of carbonyl (C=O) groups is 2. The number of benzene rings is 1. The van der Waals surface area contributed by atoms with Crippen LogP contribution in [0.2, 0.25) is 0 Å². The summed E-state index contributed by atoms with van der Waals surface area (Å²) in [7, 11) is 2.88. The zero-order valence-electron chi connectivity index (χ0n) is 15.5. The number of aromatic amines is 1. The van der Waals surface area contributed by atoms with Gasteiger partial charge in [-0.15, -0.1) is 0 Å². The van der Waals surface area contributed by atoms with Gasteiger partial charge in [-0.05, 0) is 38.3 Å². The smallest absolute Gasteiger partial charge is 0.356 e. The zero-order valence-corrected chi connectivity index (χ0v) is 15.5. The molecule has 0 aliphatic carbocycles. The molecule has 0 bridgehead atoms. The van der Waals surface area contributed by atoms with Crippen LogP contribution in [0.4, 0.5) is 5.69 Å². The van der Waals surface area contributed by atoms with E-state index in [9.17, 15) is 9.59 Å². The van der Waals surface area contributed by atoms with Crippen molar-refractivity contribution in [2.45, 2.75) is 32.2 Å². The summed E-state index contributed by atoms with van der Waals surface area (Å²) in [4.78, 5) is 29.2. The van der Waals surface area contributed by atoms with Gasteiger partial charge in [0.1, 0.15) is 11.4 Å². The highest BCUT2D eigenvalue weighted by atomic mass is 16.5. The highest BCUT2D eigenvalue weighted by Crippen LogP contribution is 2.35. The van der Waals surface area contributed by atoms with Gasteiger partial charge in [-0.1, -0.05) is 6.07 Å². The lowest BCUT2D eigenvalue weighted by Gasteiger charge is -2.29. The van der Waals surface area contributed by atoms with Crippen molar-refractivity contribution in [3.63, 3.8) is 0 Å². The lowest BCUT2D eigenvalue weighted by Crippen LogP contribution is -3.17. The van der Waals surface area contributed by atoms with Gasteiger partial charge in [0.05, 0.1) is 43.4 Å². The Balaban J connectivity index is 1.92. The third-order valence-electron chi connectivity index (χ3n) is 5.13. The van der Waals surface area contributed by atoms with Gasteiger partial charge in [0.15, 0.2) is 6.54 Å². The molecule has 1 unspecified atom stereocenters. The topological polar surface area (TPSA) is 84.9 Å². The third kappa shape index (κ3) is 3.53. The average Bonchev–Trinajstić information content (AvgIpc) is 3.01. The fourth-order valence-electron chi connectivity index (χ4n) is 3.67. The molecule has 7 nitrogen and oxygen atoms in total. The summed E-state index contributed by atoms with van der Waals surface area (Å²) < 4.78 is 10.3. The van der Waals surface area contributed by atoms with Crippen molar-refractivity contribution in [1.82, 2.24) is 4.98 Å². The molecule has 3 N–H and O–H groups in total. The molecule has 1 amide bonds. The second-order valence-corrected chi connectivity index (χ2v) is 6.78. The van der Waals surface area contributed by atoms with E-state index in [1.807, 2.05) is 12.1 Å². The minimum atomic E-state index is -0.530. The Kier molecular flexibility index (Phi) is 5.46. The summed E-state index contributed by atoms with van der Waals surface area (Å²) in [5.74, 6) is -0.0640. The number of aromatic nitrogens is 1. The van der Waals surface area contributed by atoms with Gasteiger partial charge in [0, 0.05) is 0 Å². The average molecular weight is 360 g/mol. The minimum Gasteiger partial charge on any atom is -0.496 e. The van der Waals surface area contributed by atoms with Crippen molar-refractivity contribution < 1.29 is 24.0 Å². The molecule has 1 aliphatic heterocycles. The summed E-state index contributed by atoms with van der Waals surface area (Å²) >= 11 is 0. The number of rotatable bonds is 5.